The van der Waals surface area contributed by atoms with Gasteiger partial charge in [-0.3, -0.25) is 14.9 Å². The molecule has 4 rings (SSSR count). The van der Waals surface area contributed by atoms with Gasteiger partial charge in [-0.25, -0.2) is 9.78 Å². The van der Waals surface area contributed by atoms with E-state index in [0.717, 1.165) is 16.1 Å². The number of hydrogen-bond acceptors (Lipinski definition) is 6. The van der Waals surface area contributed by atoms with E-state index in [4.69, 9.17) is 16.3 Å². The Morgan fingerprint density at radius 3 is 2.49 bits per heavy atom. The SMILES string of the molecule is C[C@@H](OC(=O)c1cc(-c2ccc(Br)cc2)nc2ccccc12)C(=O)Nc1ccc([N+](=O)[O-])cc1Cl. The first-order chi connectivity index (χ1) is 16.7. The average molecular weight is 555 g/mol. The van der Waals surface area contributed by atoms with Crippen LogP contribution in [0.25, 0.3) is 22.2 Å². The second kappa shape index (κ2) is 10.2. The molecule has 1 aromatic heterocycles. The third-order valence-corrected chi connectivity index (χ3v) is 5.99. The van der Waals surface area contributed by atoms with Gasteiger partial charge in [0, 0.05) is 27.6 Å². The monoisotopic (exact) mass is 553 g/mol. The van der Waals surface area contributed by atoms with Gasteiger partial charge in [-0.1, -0.05) is 57.9 Å². The second-order valence-corrected chi connectivity index (χ2v) is 8.86. The Bertz CT molecular complexity index is 1460. The quantitative estimate of drug-likeness (QED) is 0.167. The minimum absolute atomic E-state index is 0.00894. The first kappa shape index (κ1) is 24.3. The Morgan fingerprint density at radius 2 is 1.80 bits per heavy atom. The van der Waals surface area contributed by atoms with Gasteiger partial charge in [-0.15, -0.1) is 0 Å². The van der Waals surface area contributed by atoms with E-state index in [1.807, 2.05) is 30.3 Å². The van der Waals surface area contributed by atoms with Crippen LogP contribution in [0.4, 0.5) is 11.4 Å². The van der Waals surface area contributed by atoms with Crippen molar-refractivity contribution in [3.8, 4) is 11.3 Å². The highest BCUT2D eigenvalue weighted by Gasteiger charge is 2.23. The molecule has 0 unspecified atom stereocenters. The van der Waals surface area contributed by atoms with Gasteiger partial charge in [0.1, 0.15) is 0 Å². The van der Waals surface area contributed by atoms with Crippen LogP contribution in [0.1, 0.15) is 17.3 Å². The number of fused-ring (bicyclic) bond motifs is 1. The molecule has 0 radical (unpaired) electrons. The van der Waals surface area contributed by atoms with Gasteiger partial charge in [0.15, 0.2) is 6.10 Å². The number of carbonyl (C=O) groups is 2. The topological polar surface area (TPSA) is 111 Å². The molecule has 10 heteroatoms. The fraction of sp³-hybridized carbons (Fsp3) is 0.0800. The summed E-state index contributed by atoms with van der Waals surface area (Å²) in [7, 11) is 0. The van der Waals surface area contributed by atoms with Crippen LogP contribution in [0.5, 0.6) is 0 Å². The van der Waals surface area contributed by atoms with Crippen molar-refractivity contribution in [3.05, 3.63) is 98.0 Å². The van der Waals surface area contributed by atoms with Crippen LogP contribution in [0, 0.1) is 10.1 Å². The first-order valence-electron chi connectivity index (χ1n) is 10.3. The van der Waals surface area contributed by atoms with Crippen LogP contribution in [0.15, 0.2) is 77.3 Å². The summed E-state index contributed by atoms with van der Waals surface area (Å²) < 4.78 is 6.36. The molecule has 1 heterocycles. The normalized spacial score (nSPS) is 11.6. The number of halogens is 2. The van der Waals surface area contributed by atoms with Crippen LogP contribution in [-0.4, -0.2) is 27.9 Å². The van der Waals surface area contributed by atoms with Gasteiger partial charge < -0.3 is 10.1 Å². The summed E-state index contributed by atoms with van der Waals surface area (Å²) in [6, 6.07) is 19.9. The summed E-state index contributed by atoms with van der Waals surface area (Å²) in [5.41, 5.74) is 2.22. The van der Waals surface area contributed by atoms with Gasteiger partial charge in [0.25, 0.3) is 11.6 Å². The highest BCUT2D eigenvalue weighted by molar-refractivity contribution is 9.10. The van der Waals surface area contributed by atoms with E-state index < -0.39 is 22.9 Å². The number of aromatic nitrogens is 1. The lowest BCUT2D eigenvalue weighted by Crippen LogP contribution is -2.30. The second-order valence-electron chi connectivity index (χ2n) is 7.54. The molecule has 1 atom stereocenters. The van der Waals surface area contributed by atoms with E-state index in [0.29, 0.717) is 16.6 Å². The molecule has 35 heavy (non-hydrogen) atoms. The summed E-state index contributed by atoms with van der Waals surface area (Å²) >= 11 is 9.44. The lowest BCUT2D eigenvalue weighted by Gasteiger charge is -2.15. The molecule has 0 fully saturated rings. The lowest BCUT2D eigenvalue weighted by atomic mass is 10.0. The number of amides is 1. The van der Waals surface area contributed by atoms with E-state index in [1.54, 1.807) is 24.3 Å². The van der Waals surface area contributed by atoms with Crippen molar-refractivity contribution in [2.45, 2.75) is 13.0 Å². The third kappa shape index (κ3) is 5.47. The van der Waals surface area contributed by atoms with Crippen LogP contribution in [0.3, 0.4) is 0 Å². The molecule has 8 nitrogen and oxygen atoms in total. The molecule has 0 aliphatic rings. The molecular formula is C25H17BrClN3O5. The molecule has 4 aromatic rings. The van der Waals surface area contributed by atoms with Gasteiger partial charge in [-0.2, -0.15) is 0 Å². The number of anilines is 1. The van der Waals surface area contributed by atoms with Crippen LogP contribution in [0.2, 0.25) is 5.02 Å². The summed E-state index contributed by atoms with van der Waals surface area (Å²) in [5.74, 6) is -1.33. The van der Waals surface area contributed by atoms with Crippen molar-refractivity contribution in [1.29, 1.82) is 0 Å². The molecule has 1 N–H and O–H groups in total. The standard InChI is InChI=1S/C25H17BrClN3O5/c1-14(24(31)29-22-11-10-17(30(33)34)12-20(22)27)35-25(32)19-13-23(15-6-8-16(26)9-7-15)28-21-5-3-2-4-18(19)21/h2-14H,1H3,(H,29,31)/t14-/m1/s1. The number of nitro benzene ring substituents is 1. The Labute approximate surface area is 213 Å². The minimum Gasteiger partial charge on any atom is -0.449 e. The number of hydrogen-bond donors (Lipinski definition) is 1. The van der Waals surface area contributed by atoms with E-state index in [2.05, 4.69) is 26.2 Å². The number of ether oxygens (including phenoxy) is 1. The third-order valence-electron chi connectivity index (χ3n) is 5.15. The van der Waals surface area contributed by atoms with Crippen molar-refractivity contribution in [2.75, 3.05) is 5.32 Å². The van der Waals surface area contributed by atoms with Crippen LogP contribution in [-0.2, 0) is 9.53 Å². The number of carbonyl (C=O) groups excluding carboxylic acids is 2. The van der Waals surface area contributed by atoms with Gasteiger partial charge in [-0.05, 0) is 37.3 Å². The molecule has 3 aromatic carbocycles. The minimum atomic E-state index is -1.17. The smallest absolute Gasteiger partial charge is 0.339 e. The number of nitrogens with zero attached hydrogens (tertiary/aromatic N) is 2. The number of nitro groups is 1. The Morgan fingerprint density at radius 1 is 1.09 bits per heavy atom. The van der Waals surface area contributed by atoms with Crippen LogP contribution < -0.4 is 5.32 Å². The Balaban J connectivity index is 1.57. The maximum Gasteiger partial charge on any atom is 0.339 e. The zero-order valence-corrected chi connectivity index (χ0v) is 20.5. The van der Waals surface area contributed by atoms with Crippen molar-refractivity contribution in [2.24, 2.45) is 0 Å². The van der Waals surface area contributed by atoms with Gasteiger partial charge in [0.2, 0.25) is 0 Å². The summed E-state index contributed by atoms with van der Waals surface area (Å²) in [4.78, 5) is 40.7. The molecule has 0 spiro atoms. The van der Waals surface area contributed by atoms with Crippen molar-refractivity contribution < 1.29 is 19.2 Å². The van der Waals surface area contributed by atoms with Crippen molar-refractivity contribution >= 4 is 61.7 Å². The predicted molar refractivity (Wildman–Crippen MR) is 136 cm³/mol. The number of rotatable bonds is 6. The lowest BCUT2D eigenvalue weighted by molar-refractivity contribution is -0.384. The molecule has 0 saturated heterocycles. The zero-order valence-electron chi connectivity index (χ0n) is 18.2. The summed E-state index contributed by atoms with van der Waals surface area (Å²) in [5, 5.41) is 14.0. The number of non-ortho nitro benzene ring substituents is 1. The van der Waals surface area contributed by atoms with Gasteiger partial charge >= 0.3 is 5.97 Å². The van der Waals surface area contributed by atoms with Crippen molar-refractivity contribution in [1.82, 2.24) is 4.98 Å². The maximum atomic E-state index is 13.1. The van der Waals surface area contributed by atoms with Crippen molar-refractivity contribution in [3.63, 3.8) is 0 Å². The maximum absolute atomic E-state index is 13.1. The fourth-order valence-corrected chi connectivity index (χ4v) is 3.83. The highest BCUT2D eigenvalue weighted by atomic mass is 79.9. The molecule has 0 bridgehead atoms. The Hall–Kier alpha value is -3.82. The number of nitrogens with one attached hydrogen (secondary N) is 1. The average Bonchev–Trinajstić information content (AvgIpc) is 2.84. The van der Waals surface area contributed by atoms with E-state index >= 15 is 0 Å². The molecule has 0 saturated carbocycles. The predicted octanol–water partition coefficient (Wildman–Crippen LogP) is 6.41. The largest absolute Gasteiger partial charge is 0.449 e. The van der Waals surface area contributed by atoms with Crippen LogP contribution >= 0.6 is 27.5 Å². The number of esters is 1. The number of benzene rings is 3. The molecule has 1 amide bonds. The summed E-state index contributed by atoms with van der Waals surface area (Å²) in [6.07, 6.45) is -1.17. The molecule has 0 aliphatic heterocycles. The van der Waals surface area contributed by atoms with E-state index in [-0.39, 0.29) is 22.0 Å². The van der Waals surface area contributed by atoms with E-state index in [9.17, 15) is 19.7 Å². The fourth-order valence-electron chi connectivity index (χ4n) is 3.34. The Kier molecular flexibility index (Phi) is 7.09. The molecule has 176 valence electrons. The number of para-hydroxylation sites is 1. The highest BCUT2D eigenvalue weighted by Crippen LogP contribution is 2.28. The molecular weight excluding hydrogens is 538 g/mol. The zero-order chi connectivity index (χ0) is 25.1. The first-order valence-corrected chi connectivity index (χ1v) is 11.5. The molecule has 0 aliphatic carbocycles. The summed E-state index contributed by atoms with van der Waals surface area (Å²) in [6.45, 7) is 1.42. The van der Waals surface area contributed by atoms with E-state index in [1.165, 1.54) is 19.1 Å². The number of pyridine rings is 1. The van der Waals surface area contributed by atoms with Gasteiger partial charge in [0.05, 0.1) is 32.4 Å².